The molecule has 0 fully saturated rings. The summed E-state index contributed by atoms with van der Waals surface area (Å²) in [4.78, 5) is 8.48. The molecule has 2 atom stereocenters. The molecule has 0 spiro atoms. The lowest BCUT2D eigenvalue weighted by Gasteiger charge is -2.19. The number of nitrogens with one attached hydrogen (secondary N) is 1. The highest BCUT2D eigenvalue weighted by molar-refractivity contribution is 5.14. The van der Waals surface area contributed by atoms with E-state index in [9.17, 15) is 0 Å². The zero-order valence-corrected chi connectivity index (χ0v) is 10.2. The summed E-state index contributed by atoms with van der Waals surface area (Å²) >= 11 is 0. The summed E-state index contributed by atoms with van der Waals surface area (Å²) in [5, 5.41) is 3.51. The molecule has 0 aromatic carbocycles. The van der Waals surface area contributed by atoms with Gasteiger partial charge in [0.1, 0.15) is 0 Å². The molecule has 1 N–H and O–H groups in total. The fourth-order valence-electron chi connectivity index (χ4n) is 1.82. The van der Waals surface area contributed by atoms with Crippen LogP contribution in [0, 0.1) is 0 Å². The normalized spacial score (nSPS) is 14.2. The minimum Gasteiger partial charge on any atom is -0.302 e. The second-order valence-electron chi connectivity index (χ2n) is 4.15. The fourth-order valence-corrected chi connectivity index (χ4v) is 1.82. The van der Waals surface area contributed by atoms with Crippen molar-refractivity contribution in [2.45, 2.75) is 25.9 Å². The number of pyridine rings is 2. The monoisotopic (exact) mass is 227 g/mol. The number of hydrogen-bond donors (Lipinski definition) is 1. The summed E-state index contributed by atoms with van der Waals surface area (Å²) < 4.78 is 0. The largest absolute Gasteiger partial charge is 0.302 e. The molecule has 0 aliphatic heterocycles. The standard InChI is InChI=1S/C14H17N3/c1-11(13-6-5-8-15-10-13)17-12(2)14-7-3-4-9-16-14/h3-12,17H,1-2H3/t11?,12-/m0/s1. The first-order chi connectivity index (χ1) is 8.27. The van der Waals surface area contributed by atoms with Gasteiger partial charge in [0.2, 0.25) is 0 Å². The molecule has 0 aliphatic carbocycles. The molecule has 0 saturated heterocycles. The maximum atomic E-state index is 4.35. The molecule has 1 unspecified atom stereocenters. The van der Waals surface area contributed by atoms with Crippen LogP contribution in [0.5, 0.6) is 0 Å². The molecule has 0 amide bonds. The van der Waals surface area contributed by atoms with E-state index in [1.54, 1.807) is 6.20 Å². The van der Waals surface area contributed by atoms with Crippen molar-refractivity contribution in [2.24, 2.45) is 0 Å². The predicted octanol–water partition coefficient (Wildman–Crippen LogP) is 2.89. The maximum Gasteiger partial charge on any atom is 0.0570 e. The van der Waals surface area contributed by atoms with Gasteiger partial charge in [0.05, 0.1) is 5.69 Å². The van der Waals surface area contributed by atoms with Crippen LogP contribution in [0.3, 0.4) is 0 Å². The highest BCUT2D eigenvalue weighted by Gasteiger charge is 2.11. The summed E-state index contributed by atoms with van der Waals surface area (Å²) in [5.74, 6) is 0. The Hall–Kier alpha value is -1.74. The van der Waals surface area contributed by atoms with E-state index in [4.69, 9.17) is 0 Å². The second-order valence-corrected chi connectivity index (χ2v) is 4.15. The molecule has 2 rings (SSSR count). The second kappa shape index (κ2) is 5.55. The first-order valence-electron chi connectivity index (χ1n) is 5.84. The Labute approximate surface area is 102 Å². The van der Waals surface area contributed by atoms with Crippen molar-refractivity contribution < 1.29 is 0 Å². The van der Waals surface area contributed by atoms with Crippen molar-refractivity contribution in [1.82, 2.24) is 15.3 Å². The first kappa shape index (κ1) is 11.7. The van der Waals surface area contributed by atoms with Crippen molar-refractivity contribution in [3.05, 3.63) is 60.2 Å². The van der Waals surface area contributed by atoms with Crippen LogP contribution in [0.2, 0.25) is 0 Å². The van der Waals surface area contributed by atoms with E-state index in [-0.39, 0.29) is 12.1 Å². The Balaban J connectivity index is 2.02. The average Bonchev–Trinajstić information content (AvgIpc) is 2.40. The van der Waals surface area contributed by atoms with Crippen molar-refractivity contribution in [3.8, 4) is 0 Å². The summed E-state index contributed by atoms with van der Waals surface area (Å²) in [7, 11) is 0. The molecule has 0 radical (unpaired) electrons. The third-order valence-corrected chi connectivity index (χ3v) is 2.82. The highest BCUT2D eigenvalue weighted by atomic mass is 15.0. The summed E-state index contributed by atoms with van der Waals surface area (Å²) in [6.07, 6.45) is 5.50. The molecule has 0 saturated carbocycles. The van der Waals surface area contributed by atoms with E-state index in [0.717, 1.165) is 5.69 Å². The lowest BCUT2D eigenvalue weighted by Crippen LogP contribution is -2.23. The number of aromatic nitrogens is 2. The molecule has 0 bridgehead atoms. The minimum absolute atomic E-state index is 0.228. The van der Waals surface area contributed by atoms with E-state index in [2.05, 4.69) is 35.2 Å². The van der Waals surface area contributed by atoms with Crippen molar-refractivity contribution in [2.75, 3.05) is 0 Å². The van der Waals surface area contributed by atoms with Crippen LogP contribution in [-0.4, -0.2) is 9.97 Å². The molecule has 2 heterocycles. The van der Waals surface area contributed by atoms with Crippen LogP contribution in [0.1, 0.15) is 37.2 Å². The SMILES string of the molecule is CC(N[C@@H](C)c1ccccn1)c1cccnc1. The first-order valence-corrected chi connectivity index (χ1v) is 5.84. The van der Waals surface area contributed by atoms with Gasteiger partial charge >= 0.3 is 0 Å². The van der Waals surface area contributed by atoms with Gasteiger partial charge in [-0.3, -0.25) is 9.97 Å². The van der Waals surface area contributed by atoms with E-state index in [1.807, 2.05) is 36.7 Å². The van der Waals surface area contributed by atoms with Gasteiger partial charge in [0, 0.05) is 30.7 Å². The van der Waals surface area contributed by atoms with Gasteiger partial charge < -0.3 is 5.32 Å². The molecule has 0 aliphatic rings. The van der Waals surface area contributed by atoms with Crippen LogP contribution >= 0.6 is 0 Å². The molecule has 88 valence electrons. The lowest BCUT2D eigenvalue weighted by molar-refractivity contribution is 0.485. The highest BCUT2D eigenvalue weighted by Crippen LogP contribution is 2.16. The van der Waals surface area contributed by atoms with Crippen LogP contribution in [0.4, 0.5) is 0 Å². The third-order valence-electron chi connectivity index (χ3n) is 2.82. The minimum atomic E-state index is 0.228. The van der Waals surface area contributed by atoms with Gasteiger partial charge in [0.15, 0.2) is 0 Å². The molecule has 2 aromatic rings. The number of nitrogens with zero attached hydrogens (tertiary/aromatic N) is 2. The van der Waals surface area contributed by atoms with Gasteiger partial charge in [-0.2, -0.15) is 0 Å². The van der Waals surface area contributed by atoms with Crippen LogP contribution in [-0.2, 0) is 0 Å². The molecule has 3 heteroatoms. The van der Waals surface area contributed by atoms with Crippen LogP contribution in [0.25, 0.3) is 0 Å². The third kappa shape index (κ3) is 3.11. The Bertz CT molecular complexity index is 398. The van der Waals surface area contributed by atoms with E-state index in [0.29, 0.717) is 0 Å². The average molecular weight is 227 g/mol. The Morgan fingerprint density at radius 1 is 1.00 bits per heavy atom. The van der Waals surface area contributed by atoms with Crippen molar-refractivity contribution in [1.29, 1.82) is 0 Å². The smallest absolute Gasteiger partial charge is 0.0570 e. The zero-order valence-electron chi connectivity index (χ0n) is 10.2. The molecular formula is C14H17N3. The van der Waals surface area contributed by atoms with Gasteiger partial charge in [-0.05, 0) is 37.6 Å². The summed E-state index contributed by atoms with van der Waals surface area (Å²) in [6, 6.07) is 10.5. The Morgan fingerprint density at radius 3 is 2.53 bits per heavy atom. The number of rotatable bonds is 4. The molecule has 3 nitrogen and oxygen atoms in total. The fraction of sp³-hybridized carbons (Fsp3) is 0.286. The van der Waals surface area contributed by atoms with Gasteiger partial charge in [-0.25, -0.2) is 0 Å². The molecule has 17 heavy (non-hydrogen) atoms. The Kier molecular flexibility index (Phi) is 3.83. The summed E-state index contributed by atoms with van der Waals surface area (Å²) in [5.41, 5.74) is 2.25. The lowest BCUT2D eigenvalue weighted by atomic mass is 10.1. The summed E-state index contributed by atoms with van der Waals surface area (Å²) in [6.45, 7) is 4.26. The van der Waals surface area contributed by atoms with E-state index < -0.39 is 0 Å². The molecular weight excluding hydrogens is 210 g/mol. The predicted molar refractivity (Wildman–Crippen MR) is 68.4 cm³/mol. The van der Waals surface area contributed by atoms with E-state index in [1.165, 1.54) is 5.56 Å². The van der Waals surface area contributed by atoms with Gasteiger partial charge in [-0.1, -0.05) is 12.1 Å². The molecule has 2 aromatic heterocycles. The quantitative estimate of drug-likeness (QED) is 0.872. The van der Waals surface area contributed by atoms with Crippen LogP contribution < -0.4 is 5.32 Å². The zero-order chi connectivity index (χ0) is 12.1. The van der Waals surface area contributed by atoms with E-state index >= 15 is 0 Å². The number of hydrogen-bond acceptors (Lipinski definition) is 3. The topological polar surface area (TPSA) is 37.8 Å². The van der Waals surface area contributed by atoms with Crippen LogP contribution in [0.15, 0.2) is 48.9 Å². The maximum absolute atomic E-state index is 4.35. The van der Waals surface area contributed by atoms with Crippen molar-refractivity contribution >= 4 is 0 Å². The van der Waals surface area contributed by atoms with Crippen molar-refractivity contribution in [3.63, 3.8) is 0 Å². The van der Waals surface area contributed by atoms with Gasteiger partial charge in [0.25, 0.3) is 0 Å². The Morgan fingerprint density at radius 2 is 1.88 bits per heavy atom. The van der Waals surface area contributed by atoms with Gasteiger partial charge in [-0.15, -0.1) is 0 Å².